The number of likely N-dealkylation sites (tertiary alicyclic amines) is 1. The van der Waals surface area contributed by atoms with Gasteiger partial charge >= 0.3 is 0 Å². The molecule has 0 bridgehead atoms. The largest absolute Gasteiger partial charge is 0.398 e. The number of benzene rings is 1. The summed E-state index contributed by atoms with van der Waals surface area (Å²) in [6.45, 7) is 1.12. The average Bonchev–Trinajstić information content (AvgIpc) is 3.18. The Balaban J connectivity index is 1.48. The van der Waals surface area contributed by atoms with Crippen molar-refractivity contribution in [3.05, 3.63) is 71.8 Å². The summed E-state index contributed by atoms with van der Waals surface area (Å²) in [5.74, 6) is -3.26. The minimum absolute atomic E-state index is 0.137. The SMILES string of the molecule is CN(C)Cc1ccc(NC(=O)C(=N)c2cc(-c3cncc(CN4CCC(F)(F)C4)c3)ccc2N)cn1. The fourth-order valence-electron chi connectivity index (χ4n) is 4.12. The number of nitrogens with two attached hydrogens (primary N) is 1. The Hall–Kier alpha value is -3.76. The number of anilines is 2. The van der Waals surface area contributed by atoms with Crippen LogP contribution in [0.1, 0.15) is 23.2 Å². The summed E-state index contributed by atoms with van der Waals surface area (Å²) in [5, 5.41) is 11.1. The lowest BCUT2D eigenvalue weighted by molar-refractivity contribution is -0.110. The molecule has 188 valence electrons. The Kier molecular flexibility index (Phi) is 7.37. The van der Waals surface area contributed by atoms with Gasteiger partial charge in [-0.25, -0.2) is 8.78 Å². The zero-order chi connectivity index (χ0) is 25.9. The fourth-order valence-corrected chi connectivity index (χ4v) is 4.12. The summed E-state index contributed by atoms with van der Waals surface area (Å²) < 4.78 is 27.1. The van der Waals surface area contributed by atoms with Crippen molar-refractivity contribution < 1.29 is 13.6 Å². The zero-order valence-electron chi connectivity index (χ0n) is 20.3. The van der Waals surface area contributed by atoms with Gasteiger partial charge < -0.3 is 16.0 Å². The van der Waals surface area contributed by atoms with Gasteiger partial charge in [0, 0.05) is 55.3 Å². The highest BCUT2D eigenvalue weighted by Gasteiger charge is 2.37. The first-order valence-electron chi connectivity index (χ1n) is 11.5. The lowest BCUT2D eigenvalue weighted by Gasteiger charge is -2.16. The van der Waals surface area contributed by atoms with E-state index in [1.807, 2.05) is 31.1 Å². The number of aromatic nitrogens is 2. The molecule has 1 aliphatic heterocycles. The molecular formula is C26H29F2N7O. The van der Waals surface area contributed by atoms with Gasteiger partial charge in [-0.3, -0.25) is 25.1 Å². The van der Waals surface area contributed by atoms with Crippen LogP contribution in [0, 0.1) is 5.41 Å². The Morgan fingerprint density at radius 1 is 1.17 bits per heavy atom. The van der Waals surface area contributed by atoms with Crippen LogP contribution in [0.5, 0.6) is 0 Å². The van der Waals surface area contributed by atoms with E-state index in [0.717, 1.165) is 16.8 Å². The summed E-state index contributed by atoms with van der Waals surface area (Å²) in [6, 6.07) is 10.5. The average molecular weight is 494 g/mol. The lowest BCUT2D eigenvalue weighted by atomic mass is 9.99. The third kappa shape index (κ3) is 6.27. The van der Waals surface area contributed by atoms with Crippen molar-refractivity contribution in [2.45, 2.75) is 25.4 Å². The van der Waals surface area contributed by atoms with Crippen molar-refractivity contribution in [2.24, 2.45) is 0 Å². The number of nitrogens with zero attached hydrogens (tertiary/aromatic N) is 4. The van der Waals surface area contributed by atoms with Crippen LogP contribution in [0.15, 0.2) is 55.0 Å². The molecule has 10 heteroatoms. The van der Waals surface area contributed by atoms with E-state index in [-0.39, 0.29) is 24.2 Å². The van der Waals surface area contributed by atoms with Gasteiger partial charge in [-0.05, 0) is 55.6 Å². The summed E-state index contributed by atoms with van der Waals surface area (Å²) in [6.07, 6.45) is 4.73. The number of amides is 1. The van der Waals surface area contributed by atoms with Crippen molar-refractivity contribution >= 4 is 23.0 Å². The highest BCUT2D eigenvalue weighted by atomic mass is 19.3. The van der Waals surface area contributed by atoms with E-state index < -0.39 is 11.8 Å². The smallest absolute Gasteiger partial charge is 0.274 e. The van der Waals surface area contributed by atoms with E-state index >= 15 is 0 Å². The molecule has 1 saturated heterocycles. The maximum atomic E-state index is 13.5. The number of rotatable bonds is 8. The van der Waals surface area contributed by atoms with Crippen molar-refractivity contribution in [1.82, 2.24) is 19.8 Å². The topological polar surface area (TPSA) is 111 Å². The van der Waals surface area contributed by atoms with Crippen LogP contribution in [-0.2, 0) is 17.9 Å². The first-order valence-corrected chi connectivity index (χ1v) is 11.5. The van der Waals surface area contributed by atoms with Gasteiger partial charge in [-0.1, -0.05) is 6.07 Å². The number of hydrogen-bond donors (Lipinski definition) is 3. The molecule has 0 radical (unpaired) electrons. The molecular weight excluding hydrogens is 464 g/mol. The number of alkyl halides is 2. The zero-order valence-corrected chi connectivity index (χ0v) is 20.3. The summed E-state index contributed by atoms with van der Waals surface area (Å²) in [4.78, 5) is 25.1. The molecule has 0 aliphatic carbocycles. The van der Waals surface area contributed by atoms with Gasteiger partial charge in [-0.15, -0.1) is 0 Å². The van der Waals surface area contributed by atoms with Crippen molar-refractivity contribution in [1.29, 1.82) is 5.41 Å². The monoisotopic (exact) mass is 493 g/mol. The molecule has 0 atom stereocenters. The molecule has 36 heavy (non-hydrogen) atoms. The van der Waals surface area contributed by atoms with E-state index in [0.29, 0.717) is 36.6 Å². The Labute approximate surface area is 208 Å². The van der Waals surface area contributed by atoms with Crippen molar-refractivity contribution in [3.63, 3.8) is 0 Å². The van der Waals surface area contributed by atoms with E-state index in [1.165, 1.54) is 0 Å². The Morgan fingerprint density at radius 3 is 2.64 bits per heavy atom. The third-order valence-electron chi connectivity index (χ3n) is 5.89. The van der Waals surface area contributed by atoms with E-state index in [1.54, 1.807) is 47.8 Å². The quantitative estimate of drug-likeness (QED) is 0.326. The molecule has 0 saturated carbocycles. The molecule has 0 unspecified atom stereocenters. The van der Waals surface area contributed by atoms with Crippen LogP contribution in [0.3, 0.4) is 0 Å². The minimum atomic E-state index is -2.65. The number of nitrogen functional groups attached to an aromatic ring is 1. The van der Waals surface area contributed by atoms with Gasteiger partial charge in [0.05, 0.1) is 24.1 Å². The lowest BCUT2D eigenvalue weighted by Crippen LogP contribution is -2.24. The van der Waals surface area contributed by atoms with Crippen molar-refractivity contribution in [3.8, 4) is 11.1 Å². The van der Waals surface area contributed by atoms with Crippen LogP contribution in [0.25, 0.3) is 11.1 Å². The second kappa shape index (κ2) is 10.5. The summed E-state index contributed by atoms with van der Waals surface area (Å²) in [5.41, 5.74) is 10.00. The predicted molar refractivity (Wildman–Crippen MR) is 136 cm³/mol. The molecule has 0 spiro atoms. The summed E-state index contributed by atoms with van der Waals surface area (Å²) >= 11 is 0. The molecule has 1 amide bonds. The maximum absolute atomic E-state index is 13.5. The predicted octanol–water partition coefficient (Wildman–Crippen LogP) is 3.63. The number of nitrogens with one attached hydrogen (secondary N) is 2. The van der Waals surface area contributed by atoms with Crippen LogP contribution in [0.2, 0.25) is 0 Å². The Morgan fingerprint density at radius 2 is 1.97 bits per heavy atom. The standard InChI is InChI=1S/C26H29F2N7O/c1-34(2)15-21-5-4-20(13-32-21)33-25(36)24(30)22-10-18(3-6-23(22)29)19-9-17(11-31-12-19)14-35-8-7-26(27,28)16-35/h3-6,9-13,30H,7-8,14-16,29H2,1-2H3,(H,33,36). The molecule has 1 fully saturated rings. The van der Waals surface area contributed by atoms with Crippen LogP contribution < -0.4 is 11.1 Å². The van der Waals surface area contributed by atoms with Crippen LogP contribution >= 0.6 is 0 Å². The van der Waals surface area contributed by atoms with Gasteiger partial charge in [0.25, 0.3) is 11.8 Å². The third-order valence-corrected chi connectivity index (χ3v) is 5.89. The summed E-state index contributed by atoms with van der Waals surface area (Å²) in [7, 11) is 3.89. The maximum Gasteiger partial charge on any atom is 0.274 e. The molecule has 8 nitrogen and oxygen atoms in total. The van der Waals surface area contributed by atoms with Crippen LogP contribution in [0.4, 0.5) is 20.2 Å². The van der Waals surface area contributed by atoms with E-state index in [2.05, 4.69) is 15.3 Å². The number of carbonyl (C=O) groups excluding carboxylic acids is 1. The van der Waals surface area contributed by atoms with Crippen LogP contribution in [-0.4, -0.2) is 64.5 Å². The molecule has 3 heterocycles. The van der Waals surface area contributed by atoms with Gasteiger partial charge in [0.2, 0.25) is 0 Å². The molecule has 4 N–H and O–H groups in total. The Bertz CT molecular complexity index is 1260. The first-order chi connectivity index (χ1) is 17.1. The normalized spacial score (nSPS) is 15.2. The number of carbonyl (C=O) groups is 1. The van der Waals surface area contributed by atoms with Gasteiger partial charge in [0.1, 0.15) is 5.71 Å². The highest BCUT2D eigenvalue weighted by molar-refractivity contribution is 6.48. The van der Waals surface area contributed by atoms with Crippen molar-refractivity contribution in [2.75, 3.05) is 38.2 Å². The molecule has 3 aromatic rings. The molecule has 4 rings (SSSR count). The number of halogens is 2. The van der Waals surface area contributed by atoms with E-state index in [9.17, 15) is 13.6 Å². The van der Waals surface area contributed by atoms with E-state index in [4.69, 9.17) is 11.1 Å². The molecule has 2 aromatic heterocycles. The second-order valence-electron chi connectivity index (χ2n) is 9.31. The first kappa shape index (κ1) is 25.3. The minimum Gasteiger partial charge on any atom is -0.398 e. The molecule has 1 aliphatic rings. The molecule has 1 aromatic carbocycles. The fraction of sp³-hybridized carbons (Fsp3) is 0.308. The highest BCUT2D eigenvalue weighted by Crippen LogP contribution is 2.29. The number of hydrogen-bond acceptors (Lipinski definition) is 7. The van der Waals surface area contributed by atoms with Gasteiger partial charge in [0.15, 0.2) is 0 Å². The van der Waals surface area contributed by atoms with Gasteiger partial charge in [-0.2, -0.15) is 0 Å². The second-order valence-corrected chi connectivity index (χ2v) is 9.31. The number of pyridine rings is 2.